The molecule has 0 aromatic heterocycles. The summed E-state index contributed by atoms with van der Waals surface area (Å²) in [6.45, 7) is 9.60. The molecule has 5 atom stereocenters. The van der Waals surface area contributed by atoms with Crippen molar-refractivity contribution >= 4 is 14.4 Å². The molecule has 0 radical (unpaired) electrons. The number of benzene rings is 2. The summed E-state index contributed by atoms with van der Waals surface area (Å²) in [6.07, 6.45) is 6.42. The molecule has 5 heteroatoms. The van der Waals surface area contributed by atoms with Crippen LogP contribution in [0.15, 0.2) is 41.5 Å². The second kappa shape index (κ2) is 6.41. The molecule has 4 aliphatic rings. The van der Waals surface area contributed by atoms with Crippen LogP contribution in [0.2, 0.25) is 0 Å². The minimum atomic E-state index is 0.0740. The van der Waals surface area contributed by atoms with Gasteiger partial charge < -0.3 is 15.7 Å². The number of amidine groups is 1. The number of hydrazone groups is 1. The van der Waals surface area contributed by atoms with Crippen molar-refractivity contribution in [2.75, 3.05) is 7.05 Å². The van der Waals surface area contributed by atoms with Crippen LogP contribution in [0.3, 0.4) is 0 Å². The van der Waals surface area contributed by atoms with Gasteiger partial charge in [-0.3, -0.25) is 0 Å². The number of rotatable bonds is 5. The van der Waals surface area contributed by atoms with E-state index in [4.69, 9.17) is 10.6 Å². The van der Waals surface area contributed by atoms with Crippen LogP contribution in [0.4, 0.5) is 0 Å². The Balaban J connectivity index is 1.53. The molecule has 0 spiro atoms. The fourth-order valence-corrected chi connectivity index (χ4v) is 8.25. The van der Waals surface area contributed by atoms with E-state index in [2.05, 4.69) is 64.1 Å². The van der Waals surface area contributed by atoms with Gasteiger partial charge in [0.25, 0.3) is 0 Å². The Hall–Kier alpha value is -1.74. The highest BCUT2D eigenvalue weighted by Gasteiger charge is 2.73. The molecule has 4 nitrogen and oxygen atoms in total. The van der Waals surface area contributed by atoms with Crippen molar-refractivity contribution in [2.45, 2.75) is 75.7 Å². The number of fused-ring (bicyclic) bond motifs is 9. The SMILES string of the molecule is CCCCCCC1(C)c2ccccc2-c2cc3c(cc21)C1=NN(C)[N-][NH+]1[C@@]1(C)PC31C. The second-order valence-corrected chi connectivity index (χ2v) is 12.6. The Morgan fingerprint density at radius 3 is 2.55 bits per heavy atom. The average Bonchev–Trinajstić information content (AvgIpc) is 3.05. The molecule has 3 aliphatic heterocycles. The van der Waals surface area contributed by atoms with E-state index in [0.717, 1.165) is 14.4 Å². The largest absolute Gasteiger partial charge is 0.343 e. The van der Waals surface area contributed by atoms with E-state index in [-0.39, 0.29) is 15.9 Å². The van der Waals surface area contributed by atoms with Crippen LogP contribution in [-0.2, 0) is 10.6 Å². The van der Waals surface area contributed by atoms with Crippen LogP contribution >= 0.6 is 8.58 Å². The number of unbranched alkanes of at least 4 members (excludes halogenated alkanes) is 3. The zero-order valence-electron chi connectivity index (χ0n) is 19.3. The van der Waals surface area contributed by atoms with Gasteiger partial charge in [0.1, 0.15) is 5.28 Å². The fraction of sp³-hybridized carbons (Fsp3) is 0.500. The third-order valence-electron chi connectivity index (χ3n) is 8.51. The van der Waals surface area contributed by atoms with E-state index in [1.807, 2.05) is 7.05 Å². The van der Waals surface area contributed by atoms with E-state index >= 15 is 0 Å². The first kappa shape index (κ1) is 19.9. The zero-order valence-corrected chi connectivity index (χ0v) is 20.3. The lowest BCUT2D eigenvalue weighted by Gasteiger charge is -2.39. The molecule has 0 saturated carbocycles. The Morgan fingerprint density at radius 2 is 1.74 bits per heavy atom. The van der Waals surface area contributed by atoms with E-state index in [0.29, 0.717) is 0 Å². The maximum Gasteiger partial charge on any atom is 0.241 e. The smallest absolute Gasteiger partial charge is 0.241 e. The summed E-state index contributed by atoms with van der Waals surface area (Å²) in [5.41, 5.74) is 13.6. The molecule has 1 N–H and O–H groups in total. The van der Waals surface area contributed by atoms with Crippen LogP contribution in [0.5, 0.6) is 0 Å². The predicted octanol–water partition coefficient (Wildman–Crippen LogP) is 5.28. The summed E-state index contributed by atoms with van der Waals surface area (Å²) in [4.78, 5) is 0. The quantitative estimate of drug-likeness (QED) is 0.506. The topological polar surface area (TPSA) is 34.1 Å². The van der Waals surface area contributed by atoms with E-state index in [1.54, 1.807) is 5.12 Å². The molecule has 0 amide bonds. The second-order valence-electron chi connectivity index (χ2n) is 10.4. The zero-order chi connectivity index (χ0) is 21.6. The molecular formula is C26H33N4P. The molecule has 3 heterocycles. The molecule has 1 saturated heterocycles. The third-order valence-corrected chi connectivity index (χ3v) is 10.8. The first-order chi connectivity index (χ1) is 14.8. The molecule has 1 fully saturated rings. The fourth-order valence-electron chi connectivity index (χ4n) is 6.43. The van der Waals surface area contributed by atoms with Crippen molar-refractivity contribution in [3.63, 3.8) is 0 Å². The van der Waals surface area contributed by atoms with Crippen LogP contribution < -0.4 is 5.01 Å². The molecule has 1 aliphatic carbocycles. The van der Waals surface area contributed by atoms with Crippen molar-refractivity contribution in [1.29, 1.82) is 0 Å². The summed E-state index contributed by atoms with van der Waals surface area (Å²) < 4.78 is 0. The Kier molecular flexibility index (Phi) is 4.11. The predicted molar refractivity (Wildman–Crippen MR) is 130 cm³/mol. The molecule has 2 aromatic carbocycles. The minimum absolute atomic E-state index is 0.0740. The molecular weight excluding hydrogens is 399 g/mol. The molecule has 31 heavy (non-hydrogen) atoms. The van der Waals surface area contributed by atoms with Gasteiger partial charge in [-0.2, -0.15) is 0 Å². The van der Waals surface area contributed by atoms with Gasteiger partial charge in [0.05, 0.1) is 10.7 Å². The first-order valence-electron chi connectivity index (χ1n) is 11.8. The lowest BCUT2D eigenvalue weighted by Crippen LogP contribution is -3.16. The van der Waals surface area contributed by atoms with Gasteiger partial charge in [-0.1, -0.05) is 63.8 Å². The lowest BCUT2D eigenvalue weighted by molar-refractivity contribution is -0.803. The average molecular weight is 433 g/mol. The summed E-state index contributed by atoms with van der Waals surface area (Å²) in [5.74, 6) is 1.12. The lowest BCUT2D eigenvalue weighted by atomic mass is 9.74. The number of nitrogens with zero attached hydrogens (tertiary/aromatic N) is 3. The van der Waals surface area contributed by atoms with Gasteiger partial charge in [0.2, 0.25) is 5.84 Å². The number of nitrogens with one attached hydrogen (secondary N) is 1. The number of hydrogen-bond acceptors (Lipinski definition) is 2. The van der Waals surface area contributed by atoms with Crippen LogP contribution in [-0.4, -0.2) is 23.3 Å². The van der Waals surface area contributed by atoms with Crippen LogP contribution in [0.25, 0.3) is 16.7 Å². The number of quaternary nitrogens is 1. The van der Waals surface area contributed by atoms with Crippen LogP contribution in [0.1, 0.15) is 82.1 Å². The molecule has 4 unspecified atom stereocenters. The van der Waals surface area contributed by atoms with Crippen molar-refractivity contribution in [3.05, 3.63) is 64.2 Å². The van der Waals surface area contributed by atoms with E-state index in [9.17, 15) is 0 Å². The van der Waals surface area contributed by atoms with Gasteiger partial charge in [-0.15, -0.1) is 5.10 Å². The van der Waals surface area contributed by atoms with E-state index < -0.39 is 0 Å². The number of hydrogen-bond donors (Lipinski definition) is 1. The van der Waals surface area contributed by atoms with Gasteiger partial charge in [0, 0.05) is 12.5 Å². The van der Waals surface area contributed by atoms with Crippen molar-refractivity contribution in [2.24, 2.45) is 5.10 Å². The maximum absolute atomic E-state index is 4.86. The monoisotopic (exact) mass is 432 g/mol. The Labute approximate surface area is 187 Å². The minimum Gasteiger partial charge on any atom is -0.343 e. The standard InChI is InChI=1S/C26H33N4P/c1-6-7-8-11-14-24(2)20-13-10-9-12-17(20)18-15-22-19(16-21(18)24)23-27-29(5)28-30(23)26(4)25(22,3)31-26/h9-10,12-13,15-16,30-31H,6-8,11,14H2,1-5H3/t24?,25?,26-/m0/s1. The van der Waals surface area contributed by atoms with Gasteiger partial charge in [-0.25, -0.2) is 0 Å². The van der Waals surface area contributed by atoms with Gasteiger partial charge in [-0.05, 0) is 68.8 Å². The molecule has 162 valence electrons. The summed E-state index contributed by atoms with van der Waals surface area (Å²) in [5, 5.41) is 8.18. The highest BCUT2D eigenvalue weighted by atomic mass is 31.1. The Bertz CT molecular complexity index is 1130. The van der Waals surface area contributed by atoms with E-state index in [1.165, 1.54) is 70.5 Å². The van der Waals surface area contributed by atoms with Gasteiger partial charge >= 0.3 is 0 Å². The normalized spacial score (nSPS) is 34.7. The molecule has 2 aromatic rings. The van der Waals surface area contributed by atoms with Crippen LogP contribution in [0, 0.1) is 0 Å². The first-order valence-corrected chi connectivity index (χ1v) is 12.8. The van der Waals surface area contributed by atoms with Gasteiger partial charge in [0.15, 0.2) is 0 Å². The summed E-state index contributed by atoms with van der Waals surface area (Å²) >= 11 is 0. The van der Waals surface area contributed by atoms with Crippen molar-refractivity contribution in [1.82, 2.24) is 5.12 Å². The highest BCUT2D eigenvalue weighted by molar-refractivity contribution is 7.50. The summed E-state index contributed by atoms with van der Waals surface area (Å²) in [7, 11) is 2.83. The maximum atomic E-state index is 4.86. The Morgan fingerprint density at radius 1 is 0.968 bits per heavy atom. The third kappa shape index (κ3) is 2.45. The summed E-state index contributed by atoms with van der Waals surface area (Å²) in [6, 6.07) is 14.2. The highest BCUT2D eigenvalue weighted by Crippen LogP contribution is 2.74. The van der Waals surface area contributed by atoms with Crippen molar-refractivity contribution < 1.29 is 5.01 Å². The molecule has 6 rings (SSSR count). The molecule has 0 bridgehead atoms. The van der Waals surface area contributed by atoms with Crippen molar-refractivity contribution in [3.8, 4) is 11.1 Å².